The van der Waals surface area contributed by atoms with Crippen LogP contribution in [-0.2, 0) is 0 Å². The average Bonchev–Trinajstić information content (AvgIpc) is 2.77. The number of H-pyrrole nitrogens is 1. The molecule has 1 heterocycles. The van der Waals surface area contributed by atoms with Crippen molar-refractivity contribution < 1.29 is 0 Å². The van der Waals surface area contributed by atoms with Gasteiger partial charge in [-0.05, 0) is 46.3 Å². The summed E-state index contributed by atoms with van der Waals surface area (Å²) < 4.78 is 0.853. The van der Waals surface area contributed by atoms with Crippen molar-refractivity contribution in [3.63, 3.8) is 0 Å². The van der Waals surface area contributed by atoms with Crippen LogP contribution in [0.4, 0.5) is 0 Å². The van der Waals surface area contributed by atoms with Gasteiger partial charge < -0.3 is 4.98 Å². The van der Waals surface area contributed by atoms with Crippen molar-refractivity contribution in [3.8, 4) is 12.1 Å². The molecule has 0 aliphatic heterocycles. The smallest absolute Gasteiger partial charge is 0.0992 e. The van der Waals surface area contributed by atoms with Gasteiger partial charge in [-0.15, -0.1) is 0 Å². The lowest BCUT2D eigenvalue weighted by Gasteiger charge is -1.96. The van der Waals surface area contributed by atoms with Crippen LogP contribution in [0, 0.1) is 22.7 Å². The van der Waals surface area contributed by atoms with E-state index in [1.807, 2.05) is 18.2 Å². The Bertz CT molecular complexity index is 862. The Morgan fingerprint density at radius 3 is 2.39 bits per heavy atom. The molecular formula is C14H6BrN3. The number of nitrogens with one attached hydrogen (secondary N) is 1. The third-order valence-electron chi connectivity index (χ3n) is 2.92. The molecule has 0 fully saturated rings. The standard InChI is InChI=1S/C14H6BrN3/c15-12-5-9(7-17)4-11-10-3-8(6-16)1-2-13(10)18-14(11)12/h1-5,18H. The van der Waals surface area contributed by atoms with Crippen LogP contribution >= 0.6 is 15.9 Å². The van der Waals surface area contributed by atoms with E-state index in [4.69, 9.17) is 10.5 Å². The lowest BCUT2D eigenvalue weighted by atomic mass is 10.1. The van der Waals surface area contributed by atoms with E-state index in [1.165, 1.54) is 0 Å². The summed E-state index contributed by atoms with van der Waals surface area (Å²) in [7, 11) is 0. The first-order valence-electron chi connectivity index (χ1n) is 5.28. The largest absolute Gasteiger partial charge is 0.354 e. The second-order valence-electron chi connectivity index (χ2n) is 3.99. The van der Waals surface area contributed by atoms with E-state index in [9.17, 15) is 0 Å². The molecule has 18 heavy (non-hydrogen) atoms. The van der Waals surface area contributed by atoms with E-state index in [0.717, 1.165) is 26.3 Å². The Labute approximate surface area is 111 Å². The van der Waals surface area contributed by atoms with Gasteiger partial charge in [0.1, 0.15) is 0 Å². The fraction of sp³-hybridized carbons (Fsp3) is 0. The summed E-state index contributed by atoms with van der Waals surface area (Å²) in [5.41, 5.74) is 3.11. The number of nitrogens with zero attached hydrogens (tertiary/aromatic N) is 2. The van der Waals surface area contributed by atoms with Crippen LogP contribution in [0.2, 0.25) is 0 Å². The quantitative estimate of drug-likeness (QED) is 0.685. The maximum atomic E-state index is 9.00. The molecule has 0 bridgehead atoms. The molecule has 0 atom stereocenters. The summed E-state index contributed by atoms with van der Waals surface area (Å²) in [6.45, 7) is 0. The first-order valence-corrected chi connectivity index (χ1v) is 6.07. The fourth-order valence-electron chi connectivity index (χ4n) is 2.09. The molecule has 1 aromatic heterocycles. The number of fused-ring (bicyclic) bond motifs is 3. The highest BCUT2D eigenvalue weighted by molar-refractivity contribution is 9.10. The van der Waals surface area contributed by atoms with Crippen LogP contribution in [0.1, 0.15) is 11.1 Å². The first kappa shape index (κ1) is 10.8. The normalized spacial score (nSPS) is 10.4. The van der Waals surface area contributed by atoms with Crippen LogP contribution in [0.25, 0.3) is 21.8 Å². The number of benzene rings is 2. The number of nitriles is 2. The second-order valence-corrected chi connectivity index (χ2v) is 4.84. The third kappa shape index (κ3) is 1.48. The van der Waals surface area contributed by atoms with Crippen molar-refractivity contribution in [2.75, 3.05) is 0 Å². The van der Waals surface area contributed by atoms with Gasteiger partial charge in [-0.1, -0.05) is 0 Å². The lowest BCUT2D eigenvalue weighted by Crippen LogP contribution is -1.77. The summed E-state index contributed by atoms with van der Waals surface area (Å²) in [5, 5.41) is 19.9. The van der Waals surface area contributed by atoms with Gasteiger partial charge in [-0.2, -0.15) is 10.5 Å². The monoisotopic (exact) mass is 295 g/mol. The minimum atomic E-state index is 0.595. The number of hydrogen-bond acceptors (Lipinski definition) is 2. The second kappa shape index (κ2) is 3.87. The maximum absolute atomic E-state index is 9.00. The van der Waals surface area contributed by atoms with Crippen LogP contribution in [0.15, 0.2) is 34.8 Å². The molecule has 0 amide bonds. The van der Waals surface area contributed by atoms with Crippen molar-refractivity contribution in [1.29, 1.82) is 10.5 Å². The molecule has 4 heteroatoms. The van der Waals surface area contributed by atoms with Crippen molar-refractivity contribution in [2.45, 2.75) is 0 Å². The van der Waals surface area contributed by atoms with Crippen LogP contribution < -0.4 is 0 Å². The van der Waals surface area contributed by atoms with E-state index < -0.39 is 0 Å². The number of aromatic amines is 1. The van der Waals surface area contributed by atoms with Crippen LogP contribution in [0.5, 0.6) is 0 Å². The Morgan fingerprint density at radius 1 is 0.944 bits per heavy atom. The Morgan fingerprint density at radius 2 is 1.67 bits per heavy atom. The maximum Gasteiger partial charge on any atom is 0.0992 e. The molecule has 0 aliphatic carbocycles. The topological polar surface area (TPSA) is 63.4 Å². The van der Waals surface area contributed by atoms with Crippen molar-refractivity contribution >= 4 is 37.7 Å². The molecule has 2 aromatic carbocycles. The summed E-state index contributed by atoms with van der Waals surface area (Å²) >= 11 is 3.45. The zero-order valence-electron chi connectivity index (χ0n) is 9.16. The first-order chi connectivity index (χ1) is 8.72. The zero-order chi connectivity index (χ0) is 12.7. The molecule has 0 aliphatic rings. The molecular weight excluding hydrogens is 290 g/mol. The van der Waals surface area contributed by atoms with Crippen LogP contribution in [-0.4, -0.2) is 4.98 Å². The molecule has 0 saturated carbocycles. The van der Waals surface area contributed by atoms with Gasteiger partial charge in [0.25, 0.3) is 0 Å². The van der Waals surface area contributed by atoms with Crippen molar-refractivity contribution in [1.82, 2.24) is 4.98 Å². The lowest BCUT2D eigenvalue weighted by molar-refractivity contribution is 1.47. The van der Waals surface area contributed by atoms with Gasteiger partial charge in [0.15, 0.2) is 0 Å². The van der Waals surface area contributed by atoms with Crippen molar-refractivity contribution in [3.05, 3.63) is 45.9 Å². The minimum Gasteiger partial charge on any atom is -0.354 e. The summed E-state index contributed by atoms with van der Waals surface area (Å²) in [6, 6.07) is 13.4. The third-order valence-corrected chi connectivity index (χ3v) is 3.54. The van der Waals surface area contributed by atoms with E-state index in [-0.39, 0.29) is 0 Å². The molecule has 3 rings (SSSR count). The molecule has 84 valence electrons. The highest BCUT2D eigenvalue weighted by Gasteiger charge is 2.09. The fourth-order valence-corrected chi connectivity index (χ4v) is 2.65. The minimum absolute atomic E-state index is 0.595. The van der Waals surface area contributed by atoms with E-state index in [0.29, 0.717) is 11.1 Å². The van der Waals surface area contributed by atoms with Gasteiger partial charge >= 0.3 is 0 Å². The molecule has 0 saturated heterocycles. The van der Waals surface area contributed by atoms with Gasteiger partial charge in [-0.3, -0.25) is 0 Å². The van der Waals surface area contributed by atoms with Gasteiger partial charge in [0.05, 0.1) is 28.8 Å². The Kier molecular flexibility index (Phi) is 2.33. The summed E-state index contributed by atoms with van der Waals surface area (Å²) in [5.74, 6) is 0. The number of hydrogen-bond donors (Lipinski definition) is 1. The summed E-state index contributed by atoms with van der Waals surface area (Å²) in [4.78, 5) is 3.28. The number of halogens is 1. The van der Waals surface area contributed by atoms with E-state index in [1.54, 1.807) is 12.1 Å². The highest BCUT2D eigenvalue weighted by Crippen LogP contribution is 2.32. The van der Waals surface area contributed by atoms with Crippen LogP contribution in [0.3, 0.4) is 0 Å². The molecule has 0 radical (unpaired) electrons. The average molecular weight is 296 g/mol. The van der Waals surface area contributed by atoms with Crippen molar-refractivity contribution in [2.24, 2.45) is 0 Å². The predicted molar refractivity (Wildman–Crippen MR) is 72.9 cm³/mol. The molecule has 3 nitrogen and oxygen atoms in total. The zero-order valence-corrected chi connectivity index (χ0v) is 10.7. The number of rotatable bonds is 0. The van der Waals surface area contributed by atoms with Gasteiger partial charge in [0.2, 0.25) is 0 Å². The SMILES string of the molecule is N#Cc1ccc2[nH]c3c(Br)cc(C#N)cc3c2c1. The van der Waals surface area contributed by atoms with E-state index in [2.05, 4.69) is 33.1 Å². The summed E-state index contributed by atoms with van der Waals surface area (Å²) in [6.07, 6.45) is 0. The Balaban J connectivity index is 2.52. The van der Waals surface area contributed by atoms with E-state index >= 15 is 0 Å². The van der Waals surface area contributed by atoms with Gasteiger partial charge in [0, 0.05) is 20.8 Å². The molecule has 0 spiro atoms. The molecule has 1 N–H and O–H groups in total. The predicted octanol–water partition coefficient (Wildman–Crippen LogP) is 3.83. The molecule has 0 unspecified atom stereocenters. The highest BCUT2D eigenvalue weighted by atomic mass is 79.9. The number of aromatic nitrogens is 1. The Hall–Kier alpha value is -2.30. The van der Waals surface area contributed by atoms with Gasteiger partial charge in [-0.25, -0.2) is 0 Å². The molecule has 3 aromatic rings.